The molecule has 0 saturated carbocycles. The Labute approximate surface area is 125 Å². The maximum absolute atomic E-state index is 13.8. The van der Waals surface area contributed by atoms with Crippen molar-refractivity contribution in [3.63, 3.8) is 0 Å². The molecule has 6 heteroatoms. The third kappa shape index (κ3) is 2.71. The van der Waals surface area contributed by atoms with Crippen LogP contribution in [-0.2, 0) is 0 Å². The number of carbonyl (C=O) groups is 1. The molecule has 0 atom stereocenters. The van der Waals surface area contributed by atoms with Gasteiger partial charge in [0.25, 0.3) is 5.91 Å². The number of nitrogen functional groups attached to an aromatic ring is 1. The first-order valence-corrected chi connectivity index (χ1v) is 6.44. The third-order valence-corrected chi connectivity index (χ3v) is 3.39. The van der Waals surface area contributed by atoms with Gasteiger partial charge in [0.15, 0.2) is 0 Å². The summed E-state index contributed by atoms with van der Waals surface area (Å²) in [6.45, 7) is 0. The number of halogens is 3. The molecule has 0 heterocycles. The van der Waals surface area contributed by atoms with E-state index in [-0.39, 0.29) is 10.6 Å². The number of rotatable bonds is 2. The molecule has 0 radical (unpaired) electrons. The zero-order chi connectivity index (χ0) is 14.9. The molecule has 0 saturated heterocycles. The minimum atomic E-state index is -0.685. The molecule has 2 aromatic carbocycles. The Morgan fingerprint density at radius 1 is 1.25 bits per heavy atom. The molecule has 0 bridgehead atoms. The van der Waals surface area contributed by atoms with Gasteiger partial charge in [-0.05, 0) is 30.3 Å². The second-order valence-electron chi connectivity index (χ2n) is 4.16. The number of carbonyl (C=O) groups excluding carboxylic acids is 1. The molecular formula is C14H11Cl2FN2O. The van der Waals surface area contributed by atoms with Gasteiger partial charge in [0.2, 0.25) is 0 Å². The van der Waals surface area contributed by atoms with Crippen LogP contribution in [0.2, 0.25) is 10.0 Å². The SMILES string of the molecule is CN(C(=O)c1c(F)cccc1Cl)c1cc(Cl)ccc1N. The molecule has 0 unspecified atom stereocenters. The Morgan fingerprint density at radius 3 is 2.60 bits per heavy atom. The average molecular weight is 313 g/mol. The maximum atomic E-state index is 13.8. The molecule has 0 spiro atoms. The number of benzene rings is 2. The lowest BCUT2D eigenvalue weighted by Crippen LogP contribution is -2.28. The van der Waals surface area contributed by atoms with Gasteiger partial charge in [-0.15, -0.1) is 0 Å². The molecule has 1 amide bonds. The number of nitrogens with zero attached hydrogens (tertiary/aromatic N) is 1. The normalized spacial score (nSPS) is 10.4. The highest BCUT2D eigenvalue weighted by Crippen LogP contribution is 2.29. The van der Waals surface area contributed by atoms with Crippen molar-refractivity contribution >= 4 is 40.5 Å². The Hall–Kier alpha value is -1.78. The van der Waals surface area contributed by atoms with Gasteiger partial charge in [0.05, 0.1) is 22.0 Å². The highest BCUT2D eigenvalue weighted by Gasteiger charge is 2.21. The fourth-order valence-corrected chi connectivity index (χ4v) is 2.20. The molecule has 0 aromatic heterocycles. The molecule has 2 N–H and O–H groups in total. The van der Waals surface area contributed by atoms with E-state index in [2.05, 4.69) is 0 Å². The summed E-state index contributed by atoms with van der Waals surface area (Å²) in [6, 6.07) is 8.77. The van der Waals surface area contributed by atoms with Crippen LogP contribution in [0.5, 0.6) is 0 Å². The van der Waals surface area contributed by atoms with Gasteiger partial charge in [-0.1, -0.05) is 29.3 Å². The molecule has 2 aromatic rings. The first kappa shape index (κ1) is 14.6. The molecular weight excluding hydrogens is 302 g/mol. The van der Waals surface area contributed by atoms with Gasteiger partial charge in [0.1, 0.15) is 5.82 Å². The van der Waals surface area contributed by atoms with Crippen LogP contribution < -0.4 is 10.6 Å². The topological polar surface area (TPSA) is 46.3 Å². The van der Waals surface area contributed by atoms with Crippen molar-refractivity contribution in [1.82, 2.24) is 0 Å². The van der Waals surface area contributed by atoms with Crippen LogP contribution >= 0.6 is 23.2 Å². The van der Waals surface area contributed by atoms with Crippen LogP contribution in [0.15, 0.2) is 36.4 Å². The second kappa shape index (κ2) is 5.69. The van der Waals surface area contributed by atoms with E-state index in [4.69, 9.17) is 28.9 Å². The van der Waals surface area contributed by atoms with Gasteiger partial charge >= 0.3 is 0 Å². The lowest BCUT2D eigenvalue weighted by atomic mass is 10.1. The van der Waals surface area contributed by atoms with E-state index in [1.807, 2.05) is 0 Å². The molecule has 3 nitrogen and oxygen atoms in total. The van der Waals surface area contributed by atoms with Crippen molar-refractivity contribution in [2.24, 2.45) is 0 Å². The summed E-state index contributed by atoms with van der Waals surface area (Å²) < 4.78 is 13.8. The van der Waals surface area contributed by atoms with E-state index in [0.717, 1.165) is 0 Å². The standard InChI is InChI=1S/C14H11Cl2FN2O/c1-19(12-7-8(15)5-6-11(12)18)14(20)13-9(16)3-2-4-10(13)17/h2-7H,18H2,1H3. The highest BCUT2D eigenvalue weighted by molar-refractivity contribution is 6.34. The molecule has 20 heavy (non-hydrogen) atoms. The summed E-state index contributed by atoms with van der Waals surface area (Å²) in [6.07, 6.45) is 0. The summed E-state index contributed by atoms with van der Waals surface area (Å²) in [5, 5.41) is 0.468. The zero-order valence-electron chi connectivity index (χ0n) is 10.5. The summed E-state index contributed by atoms with van der Waals surface area (Å²) in [4.78, 5) is 13.6. The van der Waals surface area contributed by atoms with Gasteiger partial charge in [0, 0.05) is 12.1 Å². The quantitative estimate of drug-likeness (QED) is 0.852. The second-order valence-corrected chi connectivity index (χ2v) is 5.01. The largest absolute Gasteiger partial charge is 0.397 e. The number of hydrogen-bond donors (Lipinski definition) is 1. The van der Waals surface area contributed by atoms with E-state index < -0.39 is 11.7 Å². The van der Waals surface area contributed by atoms with Gasteiger partial charge in [-0.3, -0.25) is 4.79 Å². The maximum Gasteiger partial charge on any atom is 0.262 e. The fourth-order valence-electron chi connectivity index (χ4n) is 1.79. The van der Waals surface area contributed by atoms with Gasteiger partial charge < -0.3 is 10.6 Å². The Morgan fingerprint density at radius 2 is 1.95 bits per heavy atom. The van der Waals surface area contributed by atoms with Crippen LogP contribution in [-0.4, -0.2) is 13.0 Å². The summed E-state index contributed by atoms with van der Waals surface area (Å²) in [5.74, 6) is -1.28. The molecule has 2 rings (SSSR count). The first-order valence-electron chi connectivity index (χ1n) is 5.69. The summed E-state index contributed by atoms with van der Waals surface area (Å²) in [7, 11) is 1.48. The molecule has 0 aliphatic heterocycles. The van der Waals surface area contributed by atoms with E-state index in [1.54, 1.807) is 12.1 Å². The minimum Gasteiger partial charge on any atom is -0.397 e. The van der Waals surface area contributed by atoms with Gasteiger partial charge in [-0.25, -0.2) is 4.39 Å². The number of amides is 1. The Kier molecular flexibility index (Phi) is 4.16. The van der Waals surface area contributed by atoms with Crippen molar-refractivity contribution in [2.75, 3.05) is 17.7 Å². The monoisotopic (exact) mass is 312 g/mol. The number of anilines is 2. The highest BCUT2D eigenvalue weighted by atomic mass is 35.5. The Balaban J connectivity index is 2.45. The van der Waals surface area contributed by atoms with Crippen molar-refractivity contribution < 1.29 is 9.18 Å². The smallest absolute Gasteiger partial charge is 0.262 e. The fraction of sp³-hybridized carbons (Fsp3) is 0.0714. The molecule has 0 fully saturated rings. The van der Waals surface area contributed by atoms with E-state index in [0.29, 0.717) is 16.4 Å². The predicted molar refractivity (Wildman–Crippen MR) is 80.0 cm³/mol. The summed E-state index contributed by atoms with van der Waals surface area (Å²) in [5.41, 5.74) is 6.35. The Bertz CT molecular complexity index is 656. The van der Waals surface area contributed by atoms with Crippen molar-refractivity contribution in [2.45, 2.75) is 0 Å². The van der Waals surface area contributed by atoms with E-state index in [1.165, 1.54) is 36.2 Å². The van der Waals surface area contributed by atoms with Gasteiger partial charge in [-0.2, -0.15) is 0 Å². The van der Waals surface area contributed by atoms with E-state index in [9.17, 15) is 9.18 Å². The zero-order valence-corrected chi connectivity index (χ0v) is 12.0. The van der Waals surface area contributed by atoms with Crippen LogP contribution in [0.4, 0.5) is 15.8 Å². The number of hydrogen-bond acceptors (Lipinski definition) is 2. The van der Waals surface area contributed by atoms with Crippen LogP contribution in [0.3, 0.4) is 0 Å². The predicted octanol–water partition coefficient (Wildman–Crippen LogP) is 3.99. The minimum absolute atomic E-state index is 0.0439. The first-order chi connectivity index (χ1) is 9.41. The molecule has 104 valence electrons. The van der Waals surface area contributed by atoms with Crippen LogP contribution in [0.25, 0.3) is 0 Å². The molecule has 0 aliphatic rings. The van der Waals surface area contributed by atoms with Crippen LogP contribution in [0.1, 0.15) is 10.4 Å². The lowest BCUT2D eigenvalue weighted by Gasteiger charge is -2.20. The van der Waals surface area contributed by atoms with Crippen molar-refractivity contribution in [1.29, 1.82) is 0 Å². The lowest BCUT2D eigenvalue weighted by molar-refractivity contribution is 0.0989. The average Bonchev–Trinajstić information content (AvgIpc) is 2.40. The molecule has 0 aliphatic carbocycles. The van der Waals surface area contributed by atoms with Crippen LogP contribution in [0, 0.1) is 5.82 Å². The van der Waals surface area contributed by atoms with Crippen molar-refractivity contribution in [3.8, 4) is 0 Å². The number of nitrogens with two attached hydrogens (primary N) is 1. The van der Waals surface area contributed by atoms with E-state index >= 15 is 0 Å². The summed E-state index contributed by atoms with van der Waals surface area (Å²) >= 11 is 11.8. The third-order valence-electron chi connectivity index (χ3n) is 2.84. The van der Waals surface area contributed by atoms with Crippen molar-refractivity contribution in [3.05, 3.63) is 57.8 Å².